The van der Waals surface area contributed by atoms with Crippen molar-refractivity contribution in [1.29, 1.82) is 0 Å². The number of carbonyl (C=O) groups is 1. The van der Waals surface area contributed by atoms with E-state index >= 15 is 0 Å². The molecule has 0 aliphatic rings. The molecule has 0 fully saturated rings. The van der Waals surface area contributed by atoms with Crippen LogP contribution in [0.4, 0.5) is 4.39 Å². The Kier molecular flexibility index (Phi) is 4.44. The number of ketones is 1. The lowest BCUT2D eigenvalue weighted by Gasteiger charge is -2.01. The molecule has 2 N–H and O–H groups in total. The van der Waals surface area contributed by atoms with Gasteiger partial charge in [-0.2, -0.15) is 0 Å². The maximum absolute atomic E-state index is 13.6. The molecule has 0 atom stereocenters. The number of carbonyl (C=O) groups excluding carboxylic acids is 1. The molecule has 2 aromatic rings. The van der Waals surface area contributed by atoms with Gasteiger partial charge in [-0.05, 0) is 17.7 Å². The summed E-state index contributed by atoms with van der Waals surface area (Å²) >= 11 is 3.18. The number of benzene rings is 1. The summed E-state index contributed by atoms with van der Waals surface area (Å²) in [6, 6.07) is 4.64. The van der Waals surface area contributed by atoms with E-state index in [1.54, 1.807) is 29.2 Å². The minimum atomic E-state index is -0.399. The first-order valence-electron chi connectivity index (χ1n) is 5.79. The van der Waals surface area contributed by atoms with E-state index in [9.17, 15) is 9.18 Å². The summed E-state index contributed by atoms with van der Waals surface area (Å²) in [7, 11) is 0. The lowest BCUT2D eigenvalue weighted by molar-refractivity contribution is 0.0987. The molecule has 0 bridgehead atoms. The number of aromatic nitrogens is 2. The second-order valence-electron chi connectivity index (χ2n) is 4.12. The first-order chi connectivity index (χ1) is 9.10. The van der Waals surface area contributed by atoms with Crippen molar-refractivity contribution in [2.45, 2.75) is 13.0 Å². The Balaban J connectivity index is 2.11. The highest BCUT2D eigenvalue weighted by Gasteiger charge is 2.13. The number of Topliss-reactive ketones (excluding diaryl/α,β-unsaturated/α-hetero) is 1. The van der Waals surface area contributed by atoms with Gasteiger partial charge in [0.1, 0.15) is 11.5 Å². The van der Waals surface area contributed by atoms with E-state index in [2.05, 4.69) is 20.9 Å². The average Bonchev–Trinajstić information content (AvgIpc) is 2.82. The van der Waals surface area contributed by atoms with Gasteiger partial charge in [0, 0.05) is 30.2 Å². The van der Waals surface area contributed by atoms with Crippen molar-refractivity contribution >= 4 is 21.7 Å². The maximum atomic E-state index is 13.6. The van der Waals surface area contributed by atoms with Crippen LogP contribution in [0.5, 0.6) is 0 Å². The number of imidazole rings is 1. The lowest BCUT2D eigenvalue weighted by atomic mass is 10.1. The minimum absolute atomic E-state index is 0.00124. The van der Waals surface area contributed by atoms with Gasteiger partial charge in [-0.3, -0.25) is 4.79 Å². The summed E-state index contributed by atoms with van der Waals surface area (Å²) in [5.74, 6) is -0.610. The number of nitrogens with zero attached hydrogens (tertiary/aromatic N) is 2. The Bertz CT molecular complexity index is 597. The quantitative estimate of drug-likeness (QED) is 0.857. The molecular formula is C13H13BrFN3O. The zero-order valence-corrected chi connectivity index (χ0v) is 11.7. The molecule has 100 valence electrons. The molecule has 0 spiro atoms. The van der Waals surface area contributed by atoms with Gasteiger partial charge in [0.2, 0.25) is 0 Å². The molecule has 0 radical (unpaired) electrons. The Morgan fingerprint density at radius 1 is 1.47 bits per heavy atom. The third-order valence-corrected chi connectivity index (χ3v) is 3.17. The summed E-state index contributed by atoms with van der Waals surface area (Å²) in [5, 5.41) is 0. The smallest absolute Gasteiger partial charge is 0.187 e. The van der Waals surface area contributed by atoms with Gasteiger partial charge < -0.3 is 10.3 Å². The fourth-order valence-corrected chi connectivity index (χ4v) is 2.04. The first kappa shape index (κ1) is 13.9. The van der Waals surface area contributed by atoms with Crippen LogP contribution in [-0.2, 0) is 13.0 Å². The van der Waals surface area contributed by atoms with Crippen LogP contribution in [-0.4, -0.2) is 21.9 Å². The molecule has 19 heavy (non-hydrogen) atoms. The number of halogens is 2. The van der Waals surface area contributed by atoms with Crippen molar-refractivity contribution in [1.82, 2.24) is 9.55 Å². The van der Waals surface area contributed by atoms with Crippen LogP contribution < -0.4 is 5.73 Å². The van der Waals surface area contributed by atoms with Gasteiger partial charge >= 0.3 is 0 Å². The van der Waals surface area contributed by atoms with Gasteiger partial charge in [-0.15, -0.1) is 0 Å². The molecule has 1 aromatic heterocycles. The number of hydrogen-bond donors (Lipinski definition) is 1. The van der Waals surface area contributed by atoms with E-state index in [0.717, 1.165) is 0 Å². The zero-order valence-electron chi connectivity index (χ0n) is 10.1. The van der Waals surface area contributed by atoms with Crippen molar-refractivity contribution in [2.75, 3.05) is 6.54 Å². The molecule has 1 aromatic carbocycles. The minimum Gasteiger partial charge on any atom is -0.335 e. The van der Waals surface area contributed by atoms with Gasteiger partial charge in [0.05, 0.1) is 6.33 Å². The summed E-state index contributed by atoms with van der Waals surface area (Å²) < 4.78 is 16.0. The molecule has 4 nitrogen and oxygen atoms in total. The highest BCUT2D eigenvalue weighted by molar-refractivity contribution is 9.10. The third kappa shape index (κ3) is 3.48. The maximum Gasteiger partial charge on any atom is 0.187 e. The third-order valence-electron chi connectivity index (χ3n) is 2.67. The van der Waals surface area contributed by atoms with Gasteiger partial charge in [-0.1, -0.05) is 22.0 Å². The molecule has 1 heterocycles. The van der Waals surface area contributed by atoms with E-state index in [4.69, 9.17) is 5.73 Å². The molecule has 0 saturated heterocycles. The monoisotopic (exact) mass is 325 g/mol. The topological polar surface area (TPSA) is 60.9 Å². The first-order valence-corrected chi connectivity index (χ1v) is 6.58. The van der Waals surface area contributed by atoms with Crippen LogP contribution in [0.1, 0.15) is 16.1 Å². The van der Waals surface area contributed by atoms with Crippen LogP contribution >= 0.6 is 15.9 Å². The lowest BCUT2D eigenvalue weighted by Crippen LogP contribution is -2.08. The molecule has 0 unspecified atom stereocenters. The fourth-order valence-electron chi connectivity index (χ4n) is 1.70. The van der Waals surface area contributed by atoms with Gasteiger partial charge in [0.25, 0.3) is 0 Å². The summed E-state index contributed by atoms with van der Waals surface area (Å²) in [6.07, 6.45) is 3.18. The van der Waals surface area contributed by atoms with Crippen molar-refractivity contribution in [3.05, 3.63) is 52.3 Å². The predicted octanol–water partition coefficient (Wildman–Crippen LogP) is 2.17. The SMILES string of the molecule is NCCn1cnc(C(=O)Cc2ccc(Br)cc2F)c1. The highest BCUT2D eigenvalue weighted by Crippen LogP contribution is 2.16. The van der Waals surface area contributed by atoms with E-state index in [1.165, 1.54) is 6.07 Å². The molecule has 6 heteroatoms. The fraction of sp³-hybridized carbons (Fsp3) is 0.231. The normalized spacial score (nSPS) is 10.7. The Morgan fingerprint density at radius 2 is 2.26 bits per heavy atom. The van der Waals surface area contributed by atoms with E-state index in [1.807, 2.05) is 0 Å². The van der Waals surface area contributed by atoms with Crippen LogP contribution in [0, 0.1) is 5.82 Å². The summed E-state index contributed by atoms with van der Waals surface area (Å²) in [6.45, 7) is 1.08. The highest BCUT2D eigenvalue weighted by atomic mass is 79.9. The zero-order chi connectivity index (χ0) is 13.8. The van der Waals surface area contributed by atoms with Crippen LogP contribution in [0.25, 0.3) is 0 Å². The van der Waals surface area contributed by atoms with Crippen LogP contribution in [0.3, 0.4) is 0 Å². The van der Waals surface area contributed by atoms with Crippen molar-refractivity contribution in [3.63, 3.8) is 0 Å². The largest absolute Gasteiger partial charge is 0.335 e. The average molecular weight is 326 g/mol. The van der Waals surface area contributed by atoms with Gasteiger partial charge in [0.15, 0.2) is 5.78 Å². The Labute approximate surface area is 118 Å². The molecule has 0 amide bonds. The molecule has 0 aliphatic carbocycles. The number of nitrogens with two attached hydrogens (primary N) is 1. The van der Waals surface area contributed by atoms with E-state index in [-0.39, 0.29) is 12.2 Å². The molecular weight excluding hydrogens is 313 g/mol. The standard InChI is InChI=1S/C13H13BrFN3O/c14-10-2-1-9(11(15)6-10)5-13(19)12-7-18(4-3-16)8-17-12/h1-2,6-8H,3-5,16H2. The second-order valence-corrected chi connectivity index (χ2v) is 5.04. The van der Waals surface area contributed by atoms with Crippen molar-refractivity contribution in [2.24, 2.45) is 5.73 Å². The summed E-state index contributed by atoms with van der Waals surface area (Å²) in [5.41, 5.74) is 6.11. The van der Waals surface area contributed by atoms with Crippen molar-refractivity contribution < 1.29 is 9.18 Å². The second kappa shape index (κ2) is 6.08. The predicted molar refractivity (Wildman–Crippen MR) is 73.4 cm³/mol. The van der Waals surface area contributed by atoms with Crippen LogP contribution in [0.15, 0.2) is 35.2 Å². The van der Waals surface area contributed by atoms with Crippen LogP contribution in [0.2, 0.25) is 0 Å². The summed E-state index contributed by atoms with van der Waals surface area (Å²) in [4.78, 5) is 16.0. The number of rotatable bonds is 5. The van der Waals surface area contributed by atoms with E-state index < -0.39 is 5.82 Å². The van der Waals surface area contributed by atoms with E-state index in [0.29, 0.717) is 28.8 Å². The Morgan fingerprint density at radius 3 is 2.95 bits per heavy atom. The molecule has 0 saturated carbocycles. The molecule has 2 rings (SSSR count). The number of hydrogen-bond acceptors (Lipinski definition) is 3. The van der Waals surface area contributed by atoms with Crippen molar-refractivity contribution in [3.8, 4) is 0 Å². The molecule has 0 aliphatic heterocycles. The Hall–Kier alpha value is -1.53. The van der Waals surface area contributed by atoms with Gasteiger partial charge in [-0.25, -0.2) is 9.37 Å².